The zero-order chi connectivity index (χ0) is 18.1. The van der Waals surface area contributed by atoms with Crippen molar-refractivity contribution >= 4 is 23.5 Å². The molecule has 2 aromatic rings. The maximum Gasteiger partial charge on any atom is 0.325 e. The number of aryl methyl sites for hydroxylation is 1. The molecule has 2 aromatic carbocycles. The Labute approximate surface area is 151 Å². The molecule has 0 unspecified atom stereocenters. The van der Waals surface area contributed by atoms with Crippen molar-refractivity contribution in [1.82, 2.24) is 10.2 Å². The Balaban J connectivity index is 1.56. The number of imide groups is 1. The third kappa shape index (κ3) is 2.63. The van der Waals surface area contributed by atoms with Gasteiger partial charge in [0.2, 0.25) is 5.91 Å². The number of para-hydroxylation sites is 1. The summed E-state index contributed by atoms with van der Waals surface area (Å²) in [5.74, 6) is -0.751. The fraction of sp³-hybridized carbons (Fsp3) is 0.250. The number of carbonyl (C=O) groups is 3. The second-order valence-corrected chi connectivity index (χ2v) is 6.65. The van der Waals surface area contributed by atoms with E-state index in [2.05, 4.69) is 10.6 Å². The Hall–Kier alpha value is -3.15. The Kier molecular flexibility index (Phi) is 3.95. The van der Waals surface area contributed by atoms with Crippen molar-refractivity contribution in [3.05, 3.63) is 65.7 Å². The van der Waals surface area contributed by atoms with Crippen LogP contribution in [-0.2, 0) is 21.5 Å². The van der Waals surface area contributed by atoms with E-state index in [-0.39, 0.29) is 12.5 Å². The molecule has 4 amide bonds. The third-order valence-corrected chi connectivity index (χ3v) is 5.01. The Morgan fingerprint density at radius 3 is 2.62 bits per heavy atom. The largest absolute Gasteiger partial charge is 0.325 e. The summed E-state index contributed by atoms with van der Waals surface area (Å²) in [5.41, 5.74) is 1.50. The van der Waals surface area contributed by atoms with Crippen LogP contribution in [0.5, 0.6) is 0 Å². The lowest BCUT2D eigenvalue weighted by atomic mass is 9.76. The van der Waals surface area contributed by atoms with Crippen molar-refractivity contribution in [2.75, 3.05) is 11.9 Å². The Morgan fingerprint density at radius 2 is 1.81 bits per heavy atom. The molecule has 2 N–H and O–H groups in total. The molecule has 1 heterocycles. The van der Waals surface area contributed by atoms with Crippen LogP contribution in [0.4, 0.5) is 10.5 Å². The number of hydrogen-bond acceptors (Lipinski definition) is 3. The maximum atomic E-state index is 13.1. The van der Waals surface area contributed by atoms with Gasteiger partial charge in [0.15, 0.2) is 0 Å². The summed E-state index contributed by atoms with van der Waals surface area (Å²) >= 11 is 0. The minimum absolute atomic E-state index is 0.302. The SMILES string of the molecule is O=C(CN1C(=O)N[C@@]2(CCCc3ccccc32)C1=O)Nc1ccccc1. The molecule has 1 aliphatic heterocycles. The predicted octanol–water partition coefficient (Wildman–Crippen LogP) is 2.41. The van der Waals surface area contributed by atoms with Crippen LogP contribution in [0, 0.1) is 0 Å². The lowest BCUT2D eigenvalue weighted by Crippen LogP contribution is -2.47. The summed E-state index contributed by atoms with van der Waals surface area (Å²) in [6, 6.07) is 16.1. The number of rotatable bonds is 3. The average Bonchev–Trinajstić information content (AvgIpc) is 2.88. The first kappa shape index (κ1) is 16.3. The van der Waals surface area contributed by atoms with Crippen molar-refractivity contribution in [3.63, 3.8) is 0 Å². The van der Waals surface area contributed by atoms with Crippen LogP contribution in [0.2, 0.25) is 0 Å². The fourth-order valence-corrected chi connectivity index (χ4v) is 3.82. The standard InChI is InChI=1S/C20H19N3O3/c24-17(21-15-9-2-1-3-10-15)13-23-18(25)20(22-19(23)26)12-6-8-14-7-4-5-11-16(14)20/h1-5,7,9-11H,6,8,12-13H2,(H,21,24)(H,22,26)/t20-/m1/s1. The lowest BCUT2D eigenvalue weighted by molar-refractivity contribution is -0.134. The number of benzene rings is 2. The molecule has 1 saturated heterocycles. The van der Waals surface area contributed by atoms with Crippen LogP contribution >= 0.6 is 0 Å². The third-order valence-electron chi connectivity index (χ3n) is 5.01. The Morgan fingerprint density at radius 1 is 1.08 bits per heavy atom. The number of nitrogens with zero attached hydrogens (tertiary/aromatic N) is 1. The molecule has 132 valence electrons. The molecule has 1 fully saturated rings. The average molecular weight is 349 g/mol. The number of fused-ring (bicyclic) bond motifs is 2. The fourth-order valence-electron chi connectivity index (χ4n) is 3.82. The summed E-state index contributed by atoms with van der Waals surface area (Å²) in [7, 11) is 0. The molecule has 6 heteroatoms. The second-order valence-electron chi connectivity index (χ2n) is 6.65. The van der Waals surface area contributed by atoms with Crippen molar-refractivity contribution in [2.24, 2.45) is 0 Å². The van der Waals surface area contributed by atoms with Crippen molar-refractivity contribution < 1.29 is 14.4 Å². The summed E-state index contributed by atoms with van der Waals surface area (Å²) in [4.78, 5) is 38.9. The van der Waals surface area contributed by atoms with Gasteiger partial charge in [0.05, 0.1) is 0 Å². The second kappa shape index (κ2) is 6.29. The normalized spacial score (nSPS) is 21.5. The topological polar surface area (TPSA) is 78.5 Å². The minimum atomic E-state index is -1.04. The van der Waals surface area contributed by atoms with Gasteiger partial charge in [-0.05, 0) is 42.5 Å². The van der Waals surface area contributed by atoms with Crippen LogP contribution in [0.1, 0.15) is 24.0 Å². The first-order chi connectivity index (χ1) is 12.6. The van der Waals surface area contributed by atoms with E-state index in [1.807, 2.05) is 30.3 Å². The van der Waals surface area contributed by atoms with Crippen molar-refractivity contribution in [3.8, 4) is 0 Å². The summed E-state index contributed by atoms with van der Waals surface area (Å²) in [6.45, 7) is -0.302. The zero-order valence-corrected chi connectivity index (χ0v) is 14.2. The summed E-state index contributed by atoms with van der Waals surface area (Å²) < 4.78 is 0. The molecule has 2 aliphatic rings. The van der Waals surface area contributed by atoms with Gasteiger partial charge >= 0.3 is 6.03 Å². The van der Waals surface area contributed by atoms with Crippen LogP contribution in [0.3, 0.4) is 0 Å². The predicted molar refractivity (Wildman–Crippen MR) is 96.4 cm³/mol. The number of anilines is 1. The molecule has 0 saturated carbocycles. The van der Waals surface area contributed by atoms with Crippen LogP contribution < -0.4 is 10.6 Å². The van der Waals surface area contributed by atoms with E-state index in [1.165, 1.54) is 0 Å². The number of urea groups is 1. The van der Waals surface area contributed by atoms with Crippen LogP contribution in [0.15, 0.2) is 54.6 Å². The van der Waals surface area contributed by atoms with Gasteiger partial charge in [-0.3, -0.25) is 14.5 Å². The van der Waals surface area contributed by atoms with Gasteiger partial charge in [-0.15, -0.1) is 0 Å². The van der Waals surface area contributed by atoms with E-state index in [0.29, 0.717) is 12.1 Å². The van der Waals surface area contributed by atoms with Crippen molar-refractivity contribution in [1.29, 1.82) is 0 Å². The first-order valence-electron chi connectivity index (χ1n) is 8.67. The molecule has 1 atom stereocenters. The van der Waals surface area contributed by atoms with Gasteiger partial charge in [0.25, 0.3) is 5.91 Å². The van der Waals surface area contributed by atoms with E-state index in [4.69, 9.17) is 0 Å². The molecule has 0 radical (unpaired) electrons. The zero-order valence-electron chi connectivity index (χ0n) is 14.2. The number of amides is 4. The quantitative estimate of drug-likeness (QED) is 0.835. The van der Waals surface area contributed by atoms with Gasteiger partial charge < -0.3 is 10.6 Å². The molecule has 6 nitrogen and oxygen atoms in total. The van der Waals surface area contributed by atoms with E-state index in [1.54, 1.807) is 24.3 Å². The monoisotopic (exact) mass is 349 g/mol. The maximum absolute atomic E-state index is 13.1. The molecule has 4 rings (SSSR count). The van der Waals surface area contributed by atoms with Gasteiger partial charge in [0, 0.05) is 5.69 Å². The van der Waals surface area contributed by atoms with Gasteiger partial charge in [-0.25, -0.2) is 4.79 Å². The highest BCUT2D eigenvalue weighted by atomic mass is 16.2. The smallest absolute Gasteiger partial charge is 0.325 e. The van der Waals surface area contributed by atoms with E-state index in [9.17, 15) is 14.4 Å². The molecular weight excluding hydrogens is 330 g/mol. The van der Waals surface area contributed by atoms with E-state index in [0.717, 1.165) is 28.9 Å². The number of nitrogens with one attached hydrogen (secondary N) is 2. The van der Waals surface area contributed by atoms with Crippen LogP contribution in [-0.4, -0.2) is 29.3 Å². The molecular formula is C20H19N3O3. The molecule has 1 aliphatic carbocycles. The summed E-state index contributed by atoms with van der Waals surface area (Å²) in [6.07, 6.45) is 2.24. The van der Waals surface area contributed by atoms with E-state index < -0.39 is 17.5 Å². The molecule has 26 heavy (non-hydrogen) atoms. The molecule has 0 aromatic heterocycles. The lowest BCUT2D eigenvalue weighted by Gasteiger charge is -2.33. The van der Waals surface area contributed by atoms with Crippen molar-refractivity contribution in [2.45, 2.75) is 24.8 Å². The highest BCUT2D eigenvalue weighted by Gasteiger charge is 2.54. The highest BCUT2D eigenvalue weighted by Crippen LogP contribution is 2.39. The highest BCUT2D eigenvalue weighted by molar-refractivity contribution is 6.10. The number of carbonyl (C=O) groups excluding carboxylic acids is 3. The van der Waals surface area contributed by atoms with Gasteiger partial charge in [-0.2, -0.15) is 0 Å². The number of hydrogen-bond donors (Lipinski definition) is 2. The minimum Gasteiger partial charge on any atom is -0.325 e. The van der Waals surface area contributed by atoms with Gasteiger partial charge in [-0.1, -0.05) is 42.5 Å². The van der Waals surface area contributed by atoms with Crippen LogP contribution in [0.25, 0.3) is 0 Å². The van der Waals surface area contributed by atoms with Gasteiger partial charge in [0.1, 0.15) is 12.1 Å². The summed E-state index contributed by atoms with van der Waals surface area (Å²) in [5, 5.41) is 5.56. The Bertz CT molecular complexity index is 881. The first-order valence-corrected chi connectivity index (χ1v) is 8.67. The van der Waals surface area contributed by atoms with E-state index >= 15 is 0 Å². The molecule has 1 spiro atoms. The molecule has 0 bridgehead atoms.